The summed E-state index contributed by atoms with van der Waals surface area (Å²) in [4.78, 5) is 62.1. The number of nitrogens with one attached hydrogen (secondary N) is 6. The summed E-state index contributed by atoms with van der Waals surface area (Å²) in [5.41, 5.74) is 0.932. The molecular formula is C50H76Cl2N8O6S4. The van der Waals surface area contributed by atoms with Gasteiger partial charge in [-0.05, 0) is 99.9 Å². The zero-order valence-corrected chi connectivity index (χ0v) is 46.7. The Bertz CT molecular complexity index is 1920. The summed E-state index contributed by atoms with van der Waals surface area (Å²) in [6, 6.07) is 16.2. The van der Waals surface area contributed by atoms with Crippen LogP contribution in [-0.4, -0.2) is 142 Å². The van der Waals surface area contributed by atoms with Gasteiger partial charge in [0.2, 0.25) is 23.6 Å². The van der Waals surface area contributed by atoms with E-state index in [2.05, 4.69) is 59.6 Å². The summed E-state index contributed by atoms with van der Waals surface area (Å²) >= 11 is 14.7. The molecule has 4 saturated heterocycles. The van der Waals surface area contributed by atoms with Crippen LogP contribution in [0.5, 0.6) is 0 Å². The monoisotopic (exact) mass is 1080 g/mol. The van der Waals surface area contributed by atoms with Gasteiger partial charge >= 0.3 is 0 Å². The zero-order chi connectivity index (χ0) is 49.2. The number of hydrogen-bond donors (Lipinski definition) is 6. The maximum atomic E-state index is 14.5. The highest BCUT2D eigenvalue weighted by molar-refractivity contribution is 8.00. The molecule has 0 radical (unpaired) electrons. The summed E-state index contributed by atoms with van der Waals surface area (Å²) in [5, 5.41) is 19.2. The minimum Gasteiger partial charge on any atom is -0.379 e. The molecule has 70 heavy (non-hydrogen) atoms. The Labute approximate surface area is 447 Å². The van der Waals surface area contributed by atoms with Crippen LogP contribution >= 0.6 is 72.8 Å². The largest absolute Gasteiger partial charge is 0.379 e. The summed E-state index contributed by atoms with van der Waals surface area (Å²) < 4.78 is 12.5. The Balaban J connectivity index is 0.00000533. The lowest BCUT2D eigenvalue weighted by molar-refractivity contribution is -0.142. The number of unbranched alkanes of at least 4 members (excludes halogenated alkanes) is 1. The van der Waals surface area contributed by atoms with Crippen LogP contribution in [0.2, 0.25) is 0 Å². The molecule has 2 aromatic rings. The highest BCUT2D eigenvalue weighted by Gasteiger charge is 2.56. The Kier molecular flexibility index (Phi) is 23.5. The van der Waals surface area contributed by atoms with Crippen molar-refractivity contribution in [2.75, 3.05) is 52.0 Å². The van der Waals surface area contributed by atoms with Gasteiger partial charge in [-0.1, -0.05) is 113 Å². The molecular weight excluding hydrogens is 1010 g/mol. The predicted molar refractivity (Wildman–Crippen MR) is 296 cm³/mol. The fraction of sp³-hybridized carbons (Fsp3) is 0.640. The average molecular weight is 1080 g/mol. The van der Waals surface area contributed by atoms with Gasteiger partial charge in [0, 0.05) is 13.2 Å². The topological polar surface area (TPSA) is 165 Å². The van der Waals surface area contributed by atoms with E-state index in [4.69, 9.17) is 33.9 Å². The molecule has 10 atom stereocenters. The van der Waals surface area contributed by atoms with Gasteiger partial charge in [-0.15, -0.1) is 48.3 Å². The molecule has 20 heteroatoms. The second-order valence-electron chi connectivity index (χ2n) is 19.9. The SMILES string of the molecule is CNC(C)C(=S)N[C@H]1CCS[C@H]2CC(C)(C)[C@@H](C(=O)NC(COCCCCOCC(NC(=O)[C@H]3N4C(=O)[C@@H](NC(=S)C(C)NC)CCS[C@H]4CC3(C)C)c3ccccc3)c3ccccc3)N2C1=O.Cl.Cl. The standard InChI is InChI=1S/C50H74N8O6S4.2ClH/c1-31(51-7)45(65)55-35-21-25-67-39-27-49(3,4)41(57(39)47(35)61)43(59)53-37(33-17-11-9-12-18-33)29-63-23-15-16-24-64-30-38(34-19-13-10-14-20-34)54-44(60)42-50(5,6)28-40-58(42)48(62)36(22-26-68-40)56-46(66)32(2)52-8;;/h9-14,17-20,31-32,35-42,51-52H,15-16,21-30H2,1-8H3,(H,53,59)(H,54,60)(H,55,65)(H,56,66);2*1H/t31?,32?,35-,36-,37?,38?,39-,40-,41+,42+;;/m0../s1. The number of halogens is 2. The first-order valence-electron chi connectivity index (χ1n) is 24.2. The molecule has 4 fully saturated rings. The van der Waals surface area contributed by atoms with Gasteiger partial charge < -0.3 is 51.2 Å². The van der Waals surface area contributed by atoms with Crippen molar-refractivity contribution >= 4 is 106 Å². The minimum absolute atomic E-state index is 0. The van der Waals surface area contributed by atoms with Crippen molar-refractivity contribution in [3.05, 3.63) is 71.8 Å². The van der Waals surface area contributed by atoms with Gasteiger partial charge in [-0.2, -0.15) is 0 Å². The molecule has 14 nitrogen and oxygen atoms in total. The molecule has 390 valence electrons. The van der Waals surface area contributed by atoms with Crippen molar-refractivity contribution < 1.29 is 28.7 Å². The number of benzene rings is 2. The first-order chi connectivity index (χ1) is 32.5. The third-order valence-electron chi connectivity index (χ3n) is 13.8. The van der Waals surface area contributed by atoms with Crippen molar-refractivity contribution in [2.45, 2.75) is 139 Å². The number of hydrogen-bond acceptors (Lipinski definition) is 12. The number of rotatable bonds is 21. The van der Waals surface area contributed by atoms with E-state index in [0.29, 0.717) is 48.9 Å². The molecule has 0 bridgehead atoms. The number of thioether (sulfide) groups is 2. The van der Waals surface area contributed by atoms with Gasteiger partial charge in [0.1, 0.15) is 24.2 Å². The van der Waals surface area contributed by atoms with Crippen LogP contribution in [0.25, 0.3) is 0 Å². The van der Waals surface area contributed by atoms with Crippen LogP contribution in [0.3, 0.4) is 0 Å². The van der Waals surface area contributed by atoms with Gasteiger partial charge in [-0.3, -0.25) is 19.2 Å². The first-order valence-corrected chi connectivity index (χ1v) is 27.1. The van der Waals surface area contributed by atoms with Crippen LogP contribution < -0.4 is 31.9 Å². The lowest BCUT2D eigenvalue weighted by Gasteiger charge is -2.35. The Morgan fingerprint density at radius 3 is 1.36 bits per heavy atom. The fourth-order valence-corrected chi connectivity index (χ4v) is 13.4. The van der Waals surface area contributed by atoms with E-state index in [1.165, 1.54) is 0 Å². The van der Waals surface area contributed by atoms with E-state index < -0.39 is 47.1 Å². The van der Waals surface area contributed by atoms with E-state index >= 15 is 0 Å². The predicted octanol–water partition coefficient (Wildman–Crippen LogP) is 6.33. The molecule has 6 N–H and O–H groups in total. The second-order valence-corrected chi connectivity index (χ2v) is 23.3. The number of ether oxygens (including phenoxy) is 2. The highest BCUT2D eigenvalue weighted by atomic mass is 35.5. The van der Waals surface area contributed by atoms with Crippen molar-refractivity contribution in [3.8, 4) is 0 Å². The van der Waals surface area contributed by atoms with Crippen LogP contribution in [0.15, 0.2) is 60.7 Å². The summed E-state index contributed by atoms with van der Waals surface area (Å²) in [6.07, 6.45) is 4.11. The second kappa shape index (κ2) is 27.5. The van der Waals surface area contributed by atoms with Crippen LogP contribution in [0.1, 0.15) is 103 Å². The number of carbonyl (C=O) groups excluding carboxylic acids is 4. The van der Waals surface area contributed by atoms with E-state index in [9.17, 15) is 19.2 Å². The quantitative estimate of drug-likeness (QED) is 0.0608. The molecule has 0 saturated carbocycles. The number of carbonyl (C=O) groups is 4. The Morgan fingerprint density at radius 2 is 1.01 bits per heavy atom. The summed E-state index contributed by atoms with van der Waals surface area (Å²) in [7, 11) is 3.67. The van der Waals surface area contributed by atoms with Crippen molar-refractivity contribution in [1.29, 1.82) is 0 Å². The molecule has 6 rings (SSSR count). The molecule has 4 aliphatic rings. The molecule has 0 aromatic heterocycles. The average Bonchev–Trinajstić information content (AvgIpc) is 3.64. The van der Waals surface area contributed by atoms with Crippen molar-refractivity contribution in [3.63, 3.8) is 0 Å². The number of thiocarbonyl (C=S) groups is 2. The molecule has 4 heterocycles. The third kappa shape index (κ3) is 14.9. The summed E-state index contributed by atoms with van der Waals surface area (Å²) in [5.74, 6) is 0.996. The number of likely N-dealkylation sites (N-methyl/N-ethyl adjacent to an activating group) is 2. The first kappa shape index (κ1) is 59.8. The maximum Gasteiger partial charge on any atom is 0.246 e. The molecule has 0 spiro atoms. The van der Waals surface area contributed by atoms with Crippen molar-refractivity contribution in [2.24, 2.45) is 10.8 Å². The smallest absolute Gasteiger partial charge is 0.246 e. The lowest BCUT2D eigenvalue weighted by Crippen LogP contribution is -2.58. The van der Waals surface area contributed by atoms with E-state index in [0.717, 1.165) is 35.5 Å². The maximum absolute atomic E-state index is 14.5. The number of fused-ring (bicyclic) bond motifs is 2. The summed E-state index contributed by atoms with van der Waals surface area (Å²) in [6.45, 7) is 13.6. The molecule has 4 aliphatic heterocycles. The van der Waals surface area contributed by atoms with E-state index in [1.54, 1.807) is 23.5 Å². The highest BCUT2D eigenvalue weighted by Crippen LogP contribution is 2.48. The fourth-order valence-electron chi connectivity index (χ4n) is 9.68. The van der Waals surface area contributed by atoms with Crippen LogP contribution in [0, 0.1) is 10.8 Å². The van der Waals surface area contributed by atoms with E-state index in [1.807, 2.05) is 98.4 Å². The van der Waals surface area contributed by atoms with Gasteiger partial charge in [-0.25, -0.2) is 0 Å². The van der Waals surface area contributed by atoms with Crippen LogP contribution in [0.4, 0.5) is 0 Å². The lowest BCUT2D eigenvalue weighted by atomic mass is 9.83. The zero-order valence-electron chi connectivity index (χ0n) is 41.8. The Hall–Kier alpha value is -2.78. The minimum atomic E-state index is -0.665. The van der Waals surface area contributed by atoms with E-state index in [-0.39, 0.29) is 84.5 Å². The van der Waals surface area contributed by atoms with Gasteiger partial charge in [0.25, 0.3) is 0 Å². The molecule has 0 aliphatic carbocycles. The molecule has 4 amide bonds. The van der Waals surface area contributed by atoms with Crippen molar-refractivity contribution in [1.82, 2.24) is 41.7 Å². The number of amides is 4. The normalized spacial score (nSPS) is 25.3. The molecule has 2 aromatic carbocycles. The molecule has 4 unspecified atom stereocenters. The van der Waals surface area contributed by atoms with Crippen LogP contribution in [-0.2, 0) is 28.7 Å². The number of nitrogens with zero attached hydrogens (tertiary/aromatic N) is 2. The Morgan fingerprint density at radius 1 is 0.657 bits per heavy atom. The van der Waals surface area contributed by atoms with Gasteiger partial charge in [0.15, 0.2) is 0 Å². The third-order valence-corrected chi connectivity index (χ3v) is 17.3. The van der Waals surface area contributed by atoms with Gasteiger partial charge in [0.05, 0.1) is 58.1 Å².